The molecular formula is C27H43BrO2. The molecule has 2 nitrogen and oxygen atoms in total. The van der Waals surface area contributed by atoms with Gasteiger partial charge in [0.05, 0.1) is 0 Å². The SMILES string of the molecule is CC(=O)OCC=C(C)CCC=C(C)CCC=C(C)CCC=C(C)CCC=C(C)CBr. The molecule has 0 saturated carbocycles. The van der Waals surface area contributed by atoms with E-state index in [1.54, 1.807) is 0 Å². The third-order valence-electron chi connectivity index (χ3n) is 5.06. The van der Waals surface area contributed by atoms with Crippen molar-refractivity contribution in [2.75, 3.05) is 11.9 Å². The highest BCUT2D eigenvalue weighted by atomic mass is 79.9. The number of halogens is 1. The summed E-state index contributed by atoms with van der Waals surface area (Å²) in [6, 6.07) is 0. The third-order valence-corrected chi connectivity index (χ3v) is 5.94. The van der Waals surface area contributed by atoms with Crippen molar-refractivity contribution in [1.29, 1.82) is 0 Å². The van der Waals surface area contributed by atoms with Crippen molar-refractivity contribution >= 4 is 21.9 Å². The lowest BCUT2D eigenvalue weighted by Gasteiger charge is -2.03. The van der Waals surface area contributed by atoms with E-state index in [-0.39, 0.29) is 5.97 Å². The van der Waals surface area contributed by atoms with Crippen LogP contribution in [0.2, 0.25) is 0 Å². The third kappa shape index (κ3) is 18.7. The second-order valence-electron chi connectivity index (χ2n) is 8.34. The number of hydrogen-bond acceptors (Lipinski definition) is 2. The molecule has 0 radical (unpaired) electrons. The predicted octanol–water partition coefficient (Wildman–Crippen LogP) is 8.80. The first-order chi connectivity index (χ1) is 14.2. The lowest BCUT2D eigenvalue weighted by molar-refractivity contribution is -0.139. The van der Waals surface area contributed by atoms with Crippen LogP contribution in [0.4, 0.5) is 0 Å². The fourth-order valence-electron chi connectivity index (χ4n) is 2.95. The Morgan fingerprint density at radius 1 is 0.600 bits per heavy atom. The van der Waals surface area contributed by atoms with Crippen LogP contribution in [-0.2, 0) is 9.53 Å². The summed E-state index contributed by atoms with van der Waals surface area (Å²) < 4.78 is 4.94. The molecule has 0 unspecified atom stereocenters. The molecule has 0 aromatic heterocycles. The van der Waals surface area contributed by atoms with Gasteiger partial charge in [0.1, 0.15) is 6.61 Å². The van der Waals surface area contributed by atoms with Crippen molar-refractivity contribution in [3.63, 3.8) is 0 Å². The van der Waals surface area contributed by atoms with Gasteiger partial charge in [-0.05, 0) is 92.1 Å². The zero-order valence-electron chi connectivity index (χ0n) is 20.2. The summed E-state index contributed by atoms with van der Waals surface area (Å²) in [4.78, 5) is 10.8. The number of carbonyl (C=O) groups excluding carboxylic acids is 1. The molecule has 0 atom stereocenters. The topological polar surface area (TPSA) is 26.3 Å². The maximum Gasteiger partial charge on any atom is 0.302 e. The van der Waals surface area contributed by atoms with E-state index in [1.807, 2.05) is 6.08 Å². The molecule has 3 heteroatoms. The van der Waals surface area contributed by atoms with E-state index in [9.17, 15) is 4.79 Å². The molecule has 0 aliphatic heterocycles. The normalized spacial score (nSPS) is 14.3. The highest BCUT2D eigenvalue weighted by molar-refractivity contribution is 9.09. The van der Waals surface area contributed by atoms with E-state index in [0.717, 1.165) is 56.7 Å². The Hall–Kier alpha value is -1.35. The fourth-order valence-corrected chi connectivity index (χ4v) is 3.18. The van der Waals surface area contributed by atoms with Crippen molar-refractivity contribution in [2.24, 2.45) is 0 Å². The number of esters is 1. The first-order valence-corrected chi connectivity index (χ1v) is 12.3. The number of rotatable bonds is 15. The molecule has 0 fully saturated rings. The summed E-state index contributed by atoms with van der Waals surface area (Å²) in [7, 11) is 0. The fraction of sp³-hybridized carbons (Fsp3) is 0.593. The van der Waals surface area contributed by atoms with E-state index in [4.69, 9.17) is 4.74 Å². The van der Waals surface area contributed by atoms with Crippen molar-refractivity contribution in [3.8, 4) is 0 Å². The highest BCUT2D eigenvalue weighted by Gasteiger charge is 1.95. The molecule has 0 heterocycles. The Morgan fingerprint density at radius 3 is 1.27 bits per heavy atom. The van der Waals surface area contributed by atoms with Crippen LogP contribution in [0.3, 0.4) is 0 Å². The van der Waals surface area contributed by atoms with Gasteiger partial charge in [-0.15, -0.1) is 0 Å². The summed E-state index contributed by atoms with van der Waals surface area (Å²) >= 11 is 3.49. The standard InChI is InChI=1S/C27H43BrO2/c1-22(12-8-14-24(3)16-10-18-26(5)21-28)11-7-13-23(2)15-9-17-25(4)19-20-30-27(6)29/h11,14-15,18-19H,7-10,12-13,16-17,20-21H2,1-6H3. The Kier molecular flexibility index (Phi) is 17.6. The van der Waals surface area contributed by atoms with Crippen LogP contribution in [0.15, 0.2) is 58.2 Å². The van der Waals surface area contributed by atoms with Gasteiger partial charge in [0.15, 0.2) is 0 Å². The van der Waals surface area contributed by atoms with E-state index in [2.05, 4.69) is 74.9 Å². The molecule has 0 rings (SSSR count). The maximum absolute atomic E-state index is 10.8. The van der Waals surface area contributed by atoms with Crippen LogP contribution in [0, 0.1) is 0 Å². The van der Waals surface area contributed by atoms with Crippen molar-refractivity contribution < 1.29 is 9.53 Å². The van der Waals surface area contributed by atoms with E-state index < -0.39 is 0 Å². The second-order valence-corrected chi connectivity index (χ2v) is 8.90. The molecule has 0 aromatic carbocycles. The quantitative estimate of drug-likeness (QED) is 0.133. The Morgan fingerprint density at radius 2 is 0.933 bits per heavy atom. The second kappa shape index (κ2) is 18.4. The minimum Gasteiger partial charge on any atom is -0.462 e. The first-order valence-electron chi connectivity index (χ1n) is 11.2. The summed E-state index contributed by atoms with van der Waals surface area (Å²) in [6.07, 6.45) is 20.4. The van der Waals surface area contributed by atoms with Gasteiger partial charge in [0.25, 0.3) is 0 Å². The van der Waals surface area contributed by atoms with Gasteiger partial charge in [0, 0.05) is 12.3 Å². The van der Waals surface area contributed by atoms with Gasteiger partial charge in [-0.2, -0.15) is 0 Å². The molecule has 0 aromatic rings. The van der Waals surface area contributed by atoms with Gasteiger partial charge in [0.2, 0.25) is 0 Å². The van der Waals surface area contributed by atoms with Crippen molar-refractivity contribution in [2.45, 2.75) is 92.9 Å². The number of alkyl halides is 1. The van der Waals surface area contributed by atoms with Crippen LogP contribution in [0.1, 0.15) is 92.9 Å². The van der Waals surface area contributed by atoms with Crippen LogP contribution in [0.25, 0.3) is 0 Å². The number of carbonyl (C=O) groups is 1. The summed E-state index contributed by atoms with van der Waals surface area (Å²) in [5, 5.41) is 0.975. The summed E-state index contributed by atoms with van der Waals surface area (Å²) in [6.45, 7) is 12.8. The van der Waals surface area contributed by atoms with Gasteiger partial charge < -0.3 is 4.74 Å². The molecule has 30 heavy (non-hydrogen) atoms. The van der Waals surface area contributed by atoms with E-state index >= 15 is 0 Å². The van der Waals surface area contributed by atoms with Gasteiger partial charge in [-0.3, -0.25) is 4.79 Å². The number of hydrogen-bond donors (Lipinski definition) is 0. The van der Waals surface area contributed by atoms with Crippen LogP contribution in [-0.4, -0.2) is 17.9 Å². The smallest absolute Gasteiger partial charge is 0.302 e. The monoisotopic (exact) mass is 478 g/mol. The molecule has 0 bridgehead atoms. The average Bonchev–Trinajstić information content (AvgIpc) is 2.67. The lowest BCUT2D eigenvalue weighted by atomic mass is 10.0. The largest absolute Gasteiger partial charge is 0.462 e. The van der Waals surface area contributed by atoms with Crippen LogP contribution >= 0.6 is 15.9 Å². The Labute approximate surface area is 194 Å². The van der Waals surface area contributed by atoms with Crippen molar-refractivity contribution in [3.05, 3.63) is 58.2 Å². The van der Waals surface area contributed by atoms with E-state index in [0.29, 0.717) is 6.61 Å². The van der Waals surface area contributed by atoms with Gasteiger partial charge in [-0.25, -0.2) is 0 Å². The van der Waals surface area contributed by atoms with E-state index in [1.165, 1.54) is 34.8 Å². The number of ether oxygens (including phenoxy) is 1. The van der Waals surface area contributed by atoms with Crippen LogP contribution in [0.5, 0.6) is 0 Å². The molecule has 0 N–H and O–H groups in total. The van der Waals surface area contributed by atoms with Crippen LogP contribution < -0.4 is 0 Å². The molecule has 170 valence electrons. The lowest BCUT2D eigenvalue weighted by Crippen LogP contribution is -1.98. The average molecular weight is 480 g/mol. The number of allylic oxidation sites excluding steroid dienone is 9. The predicted molar refractivity (Wildman–Crippen MR) is 136 cm³/mol. The Bertz CT molecular complexity index is 648. The summed E-state index contributed by atoms with van der Waals surface area (Å²) in [5.41, 5.74) is 7.13. The molecular weight excluding hydrogens is 436 g/mol. The minimum atomic E-state index is -0.224. The molecule has 0 spiro atoms. The first kappa shape index (κ1) is 28.6. The minimum absolute atomic E-state index is 0.224. The molecule has 0 amide bonds. The Balaban J connectivity index is 4.07. The van der Waals surface area contributed by atoms with Gasteiger partial charge >= 0.3 is 5.97 Å². The molecule has 0 aliphatic rings. The zero-order valence-corrected chi connectivity index (χ0v) is 21.7. The molecule has 0 saturated heterocycles. The highest BCUT2D eigenvalue weighted by Crippen LogP contribution is 2.15. The van der Waals surface area contributed by atoms with Gasteiger partial charge in [-0.1, -0.05) is 68.1 Å². The zero-order chi connectivity index (χ0) is 22.8. The molecule has 0 aliphatic carbocycles. The van der Waals surface area contributed by atoms with Crippen molar-refractivity contribution in [1.82, 2.24) is 0 Å². The maximum atomic E-state index is 10.8. The summed E-state index contributed by atoms with van der Waals surface area (Å²) in [5.74, 6) is -0.224.